The van der Waals surface area contributed by atoms with Crippen LogP contribution >= 0.6 is 0 Å². The van der Waals surface area contributed by atoms with E-state index in [1.54, 1.807) is 0 Å². The molecule has 1 aliphatic rings. The van der Waals surface area contributed by atoms with Gasteiger partial charge in [0.1, 0.15) is 11.2 Å². The highest BCUT2D eigenvalue weighted by atomic mass is 16.3. The van der Waals surface area contributed by atoms with E-state index in [0.29, 0.717) is 0 Å². The summed E-state index contributed by atoms with van der Waals surface area (Å²) in [6.07, 6.45) is 0. The van der Waals surface area contributed by atoms with E-state index in [9.17, 15) is 0 Å². The lowest BCUT2D eigenvalue weighted by molar-refractivity contribution is 0.660. The fourth-order valence-corrected chi connectivity index (χ4v) is 8.37. The van der Waals surface area contributed by atoms with Crippen LogP contribution in [0.3, 0.4) is 0 Å². The van der Waals surface area contributed by atoms with Crippen molar-refractivity contribution in [2.75, 3.05) is 4.90 Å². The molecule has 0 radical (unpaired) electrons. The summed E-state index contributed by atoms with van der Waals surface area (Å²) in [6, 6.07) is 63.5. The number of benzene rings is 8. The minimum absolute atomic E-state index is 0.109. The molecule has 242 valence electrons. The third-order valence-corrected chi connectivity index (χ3v) is 10.8. The van der Waals surface area contributed by atoms with Gasteiger partial charge in [0.05, 0.1) is 11.1 Å². The molecule has 1 aromatic heterocycles. The van der Waals surface area contributed by atoms with Crippen molar-refractivity contribution in [1.82, 2.24) is 0 Å². The topological polar surface area (TPSA) is 16.4 Å². The van der Waals surface area contributed by atoms with Gasteiger partial charge in [-0.1, -0.05) is 147 Å². The molecule has 0 N–H and O–H groups in total. The van der Waals surface area contributed by atoms with Crippen molar-refractivity contribution in [3.63, 3.8) is 0 Å². The van der Waals surface area contributed by atoms with Crippen molar-refractivity contribution in [3.8, 4) is 33.4 Å². The molecule has 0 saturated heterocycles. The van der Waals surface area contributed by atoms with Gasteiger partial charge in [0.2, 0.25) is 0 Å². The van der Waals surface area contributed by atoms with Crippen LogP contribution in [0.2, 0.25) is 0 Å². The van der Waals surface area contributed by atoms with Crippen LogP contribution in [0.4, 0.5) is 17.1 Å². The Balaban J connectivity index is 1.21. The van der Waals surface area contributed by atoms with E-state index in [0.717, 1.165) is 50.1 Å². The molecule has 0 unspecified atom stereocenters. The van der Waals surface area contributed by atoms with E-state index in [2.05, 4.69) is 195 Å². The van der Waals surface area contributed by atoms with Crippen LogP contribution in [-0.2, 0) is 5.41 Å². The average Bonchev–Trinajstić information content (AvgIpc) is 3.67. The fourth-order valence-electron chi connectivity index (χ4n) is 8.37. The van der Waals surface area contributed by atoms with Crippen LogP contribution in [0.15, 0.2) is 180 Å². The largest absolute Gasteiger partial charge is 0.455 e. The van der Waals surface area contributed by atoms with Gasteiger partial charge in [0.25, 0.3) is 0 Å². The number of para-hydroxylation sites is 1. The second-order valence-corrected chi connectivity index (χ2v) is 14.1. The van der Waals surface area contributed by atoms with E-state index in [-0.39, 0.29) is 5.41 Å². The van der Waals surface area contributed by atoms with E-state index in [1.807, 2.05) is 0 Å². The van der Waals surface area contributed by atoms with Gasteiger partial charge in [0.15, 0.2) is 0 Å². The number of hydrogen-bond acceptors (Lipinski definition) is 2. The van der Waals surface area contributed by atoms with Gasteiger partial charge in [-0.15, -0.1) is 0 Å². The molecule has 1 heterocycles. The van der Waals surface area contributed by atoms with Crippen molar-refractivity contribution < 1.29 is 4.42 Å². The molecule has 0 bridgehead atoms. The summed E-state index contributed by atoms with van der Waals surface area (Å²) in [7, 11) is 0. The van der Waals surface area contributed by atoms with Gasteiger partial charge >= 0.3 is 0 Å². The normalized spacial score (nSPS) is 13.1. The first-order valence-corrected chi connectivity index (χ1v) is 17.7. The summed E-state index contributed by atoms with van der Waals surface area (Å²) >= 11 is 0. The molecule has 0 saturated carbocycles. The zero-order valence-corrected chi connectivity index (χ0v) is 28.6. The minimum Gasteiger partial charge on any atom is -0.455 e. The monoisotopic (exact) mass is 653 g/mol. The second kappa shape index (κ2) is 11.3. The molecule has 0 amide bonds. The van der Waals surface area contributed by atoms with E-state index < -0.39 is 0 Å². The molecule has 8 aromatic carbocycles. The molecule has 1 aliphatic carbocycles. The Morgan fingerprint density at radius 2 is 1.14 bits per heavy atom. The fraction of sp³-hybridized carbons (Fsp3) is 0.0612. The average molecular weight is 654 g/mol. The number of anilines is 3. The Bertz CT molecular complexity index is 2760. The van der Waals surface area contributed by atoms with Crippen molar-refractivity contribution in [1.29, 1.82) is 0 Å². The highest BCUT2D eigenvalue weighted by Crippen LogP contribution is 2.52. The van der Waals surface area contributed by atoms with Crippen molar-refractivity contribution in [2.45, 2.75) is 19.3 Å². The lowest BCUT2D eigenvalue weighted by Crippen LogP contribution is -2.16. The summed E-state index contributed by atoms with van der Waals surface area (Å²) in [5.74, 6) is 0. The molecule has 2 nitrogen and oxygen atoms in total. The van der Waals surface area contributed by atoms with Crippen LogP contribution in [0.5, 0.6) is 0 Å². The molecule has 0 aliphatic heterocycles. The first-order chi connectivity index (χ1) is 25.1. The van der Waals surface area contributed by atoms with Gasteiger partial charge in [-0.3, -0.25) is 0 Å². The highest BCUT2D eigenvalue weighted by Gasteiger charge is 2.36. The quantitative estimate of drug-likeness (QED) is 0.184. The summed E-state index contributed by atoms with van der Waals surface area (Å²) in [5.41, 5.74) is 15.0. The standard InChI is InChI=1S/C49H35NO/c1-49(2)42-21-12-11-20-39(42)40-29-28-37(31-43(40)49)50(36-17-7-4-8-18-36)44-22-13-23-45-47(44)41-30-35-16-9-10-19-38(35)46(48(41)51-45)34-26-24-33(25-27-34)32-14-5-3-6-15-32/h3-31H,1-2H3. The second-order valence-electron chi connectivity index (χ2n) is 14.1. The Morgan fingerprint density at radius 3 is 1.96 bits per heavy atom. The Kier molecular flexibility index (Phi) is 6.56. The zero-order chi connectivity index (χ0) is 34.1. The van der Waals surface area contributed by atoms with E-state index >= 15 is 0 Å². The van der Waals surface area contributed by atoms with Crippen molar-refractivity contribution >= 4 is 49.8 Å². The third-order valence-electron chi connectivity index (χ3n) is 10.8. The van der Waals surface area contributed by atoms with Gasteiger partial charge < -0.3 is 9.32 Å². The number of nitrogens with zero attached hydrogens (tertiary/aromatic N) is 1. The molecular weight excluding hydrogens is 619 g/mol. The van der Waals surface area contributed by atoms with E-state index in [1.165, 1.54) is 44.2 Å². The molecule has 9 aromatic rings. The SMILES string of the molecule is CC1(C)c2ccccc2-c2ccc(N(c3ccccc3)c3cccc4oc5c(-c6ccc(-c7ccccc7)cc6)c6ccccc6cc5c34)cc21. The van der Waals surface area contributed by atoms with Gasteiger partial charge in [-0.25, -0.2) is 0 Å². The predicted octanol–water partition coefficient (Wildman–Crippen LogP) is 13.8. The molecular formula is C49H35NO. The maximum Gasteiger partial charge on any atom is 0.143 e. The van der Waals surface area contributed by atoms with Gasteiger partial charge in [-0.2, -0.15) is 0 Å². The molecule has 51 heavy (non-hydrogen) atoms. The van der Waals surface area contributed by atoms with Crippen molar-refractivity contribution in [3.05, 3.63) is 187 Å². The van der Waals surface area contributed by atoms with Gasteiger partial charge in [0, 0.05) is 27.7 Å². The first-order valence-electron chi connectivity index (χ1n) is 17.7. The number of hydrogen-bond donors (Lipinski definition) is 0. The molecule has 0 spiro atoms. The maximum atomic E-state index is 6.95. The van der Waals surface area contributed by atoms with Crippen LogP contribution in [0, 0.1) is 0 Å². The predicted molar refractivity (Wildman–Crippen MR) is 214 cm³/mol. The third kappa shape index (κ3) is 4.57. The summed E-state index contributed by atoms with van der Waals surface area (Å²) < 4.78 is 6.95. The lowest BCUT2D eigenvalue weighted by atomic mass is 9.82. The highest BCUT2D eigenvalue weighted by molar-refractivity contribution is 6.22. The van der Waals surface area contributed by atoms with Gasteiger partial charge in [-0.05, 0) is 92.2 Å². The number of rotatable bonds is 5. The first kappa shape index (κ1) is 29.5. The van der Waals surface area contributed by atoms with Crippen LogP contribution in [0.25, 0.3) is 66.1 Å². The molecule has 10 rings (SSSR count). The number of fused-ring (bicyclic) bond motifs is 7. The smallest absolute Gasteiger partial charge is 0.143 e. The van der Waals surface area contributed by atoms with Crippen LogP contribution < -0.4 is 4.90 Å². The summed E-state index contributed by atoms with van der Waals surface area (Å²) in [4.78, 5) is 2.40. The Labute approximate surface area is 297 Å². The summed E-state index contributed by atoms with van der Waals surface area (Å²) in [5, 5.41) is 4.58. The minimum atomic E-state index is -0.109. The van der Waals surface area contributed by atoms with Crippen LogP contribution in [0.1, 0.15) is 25.0 Å². The van der Waals surface area contributed by atoms with Crippen LogP contribution in [-0.4, -0.2) is 0 Å². The Morgan fingerprint density at radius 1 is 0.471 bits per heavy atom. The van der Waals surface area contributed by atoms with Crippen molar-refractivity contribution in [2.24, 2.45) is 0 Å². The number of furan rings is 1. The van der Waals surface area contributed by atoms with E-state index in [4.69, 9.17) is 4.42 Å². The lowest BCUT2D eigenvalue weighted by Gasteiger charge is -2.28. The zero-order valence-electron chi connectivity index (χ0n) is 28.6. The Hall–Kier alpha value is -6.38. The molecule has 2 heteroatoms. The summed E-state index contributed by atoms with van der Waals surface area (Å²) in [6.45, 7) is 4.69. The maximum absolute atomic E-state index is 6.95. The molecule has 0 atom stereocenters. The molecule has 0 fully saturated rings.